The fraction of sp³-hybridized carbons (Fsp3) is 0.357. The quantitative estimate of drug-likeness (QED) is 0.655. The van der Waals surface area contributed by atoms with Gasteiger partial charge in [0.25, 0.3) is 0 Å². The SMILES string of the molecule is Cc1ncc(C(NN)C2CC2c2ccccc2)s1. The number of rotatable bonds is 4. The second kappa shape index (κ2) is 4.80. The lowest BCUT2D eigenvalue weighted by Gasteiger charge is -2.13. The molecule has 2 aromatic rings. The lowest BCUT2D eigenvalue weighted by atomic mass is 10.1. The first-order chi connectivity index (χ1) is 8.79. The van der Waals surface area contributed by atoms with Gasteiger partial charge in [-0.15, -0.1) is 11.3 Å². The number of hydrogen-bond donors (Lipinski definition) is 2. The molecule has 3 unspecified atom stereocenters. The summed E-state index contributed by atoms with van der Waals surface area (Å²) in [6, 6.07) is 10.9. The number of nitrogens with one attached hydrogen (secondary N) is 1. The highest BCUT2D eigenvalue weighted by Gasteiger charge is 2.44. The first-order valence-electron chi connectivity index (χ1n) is 6.23. The van der Waals surface area contributed by atoms with Crippen LogP contribution in [0.15, 0.2) is 36.5 Å². The van der Waals surface area contributed by atoms with E-state index in [2.05, 4.69) is 40.7 Å². The van der Waals surface area contributed by atoms with Gasteiger partial charge in [-0.05, 0) is 30.7 Å². The van der Waals surface area contributed by atoms with Crippen LogP contribution in [-0.4, -0.2) is 4.98 Å². The Bertz CT molecular complexity index is 523. The molecule has 1 aromatic heterocycles. The minimum absolute atomic E-state index is 0.237. The zero-order valence-electron chi connectivity index (χ0n) is 10.3. The van der Waals surface area contributed by atoms with E-state index in [-0.39, 0.29) is 6.04 Å². The first kappa shape index (κ1) is 11.8. The molecule has 0 radical (unpaired) electrons. The van der Waals surface area contributed by atoms with Crippen molar-refractivity contribution >= 4 is 11.3 Å². The number of aryl methyl sites for hydroxylation is 1. The summed E-state index contributed by atoms with van der Waals surface area (Å²) in [5, 5.41) is 1.10. The number of hydrogen-bond acceptors (Lipinski definition) is 4. The Morgan fingerprint density at radius 2 is 2.17 bits per heavy atom. The van der Waals surface area contributed by atoms with E-state index in [0.717, 1.165) is 5.01 Å². The van der Waals surface area contributed by atoms with Crippen molar-refractivity contribution in [2.24, 2.45) is 11.8 Å². The number of hydrazine groups is 1. The smallest absolute Gasteiger partial charge is 0.0897 e. The van der Waals surface area contributed by atoms with Crippen molar-refractivity contribution < 1.29 is 0 Å². The largest absolute Gasteiger partial charge is 0.271 e. The summed E-state index contributed by atoms with van der Waals surface area (Å²) >= 11 is 1.73. The maximum atomic E-state index is 5.72. The van der Waals surface area contributed by atoms with Crippen LogP contribution in [0.5, 0.6) is 0 Å². The van der Waals surface area contributed by atoms with E-state index in [4.69, 9.17) is 5.84 Å². The standard InChI is InChI=1S/C14H17N3S/c1-9-16-8-13(18-9)14(17-15)12-7-11(12)10-5-3-2-4-6-10/h2-6,8,11-12,14,17H,7,15H2,1H3. The van der Waals surface area contributed by atoms with E-state index in [1.165, 1.54) is 16.9 Å². The van der Waals surface area contributed by atoms with Gasteiger partial charge in [0, 0.05) is 11.1 Å². The van der Waals surface area contributed by atoms with Gasteiger partial charge in [0.05, 0.1) is 11.0 Å². The van der Waals surface area contributed by atoms with Crippen LogP contribution in [0.25, 0.3) is 0 Å². The van der Waals surface area contributed by atoms with Crippen molar-refractivity contribution in [2.75, 3.05) is 0 Å². The predicted molar refractivity (Wildman–Crippen MR) is 74.2 cm³/mol. The fourth-order valence-electron chi connectivity index (χ4n) is 2.60. The van der Waals surface area contributed by atoms with Gasteiger partial charge in [-0.25, -0.2) is 4.98 Å². The van der Waals surface area contributed by atoms with Crippen molar-refractivity contribution in [2.45, 2.75) is 25.3 Å². The molecule has 0 aliphatic heterocycles. The summed E-state index contributed by atoms with van der Waals surface area (Å²) in [7, 11) is 0. The minimum Gasteiger partial charge on any atom is -0.271 e. The van der Waals surface area contributed by atoms with E-state index in [1.807, 2.05) is 13.1 Å². The van der Waals surface area contributed by atoms with E-state index in [0.29, 0.717) is 11.8 Å². The van der Waals surface area contributed by atoms with Crippen LogP contribution in [0.4, 0.5) is 0 Å². The van der Waals surface area contributed by atoms with E-state index < -0.39 is 0 Å². The molecule has 1 heterocycles. The van der Waals surface area contributed by atoms with Gasteiger partial charge < -0.3 is 0 Å². The normalized spacial score (nSPS) is 23.9. The van der Waals surface area contributed by atoms with Crippen LogP contribution >= 0.6 is 11.3 Å². The van der Waals surface area contributed by atoms with Crippen molar-refractivity contribution in [3.63, 3.8) is 0 Å². The Balaban J connectivity index is 1.76. The summed E-state index contributed by atoms with van der Waals surface area (Å²) in [6.07, 6.45) is 3.15. The number of benzene rings is 1. The third-order valence-corrected chi connectivity index (χ3v) is 4.62. The van der Waals surface area contributed by atoms with Gasteiger partial charge in [0.15, 0.2) is 0 Å². The molecule has 0 saturated heterocycles. The monoisotopic (exact) mass is 259 g/mol. The minimum atomic E-state index is 0.237. The van der Waals surface area contributed by atoms with Crippen LogP contribution < -0.4 is 11.3 Å². The van der Waals surface area contributed by atoms with Crippen molar-refractivity contribution in [1.29, 1.82) is 0 Å². The molecule has 94 valence electrons. The van der Waals surface area contributed by atoms with Crippen LogP contribution in [0.1, 0.15) is 33.8 Å². The molecule has 1 saturated carbocycles. The highest BCUT2D eigenvalue weighted by atomic mass is 32.1. The third-order valence-electron chi connectivity index (χ3n) is 3.62. The maximum absolute atomic E-state index is 5.72. The summed E-state index contributed by atoms with van der Waals surface area (Å²) in [5.41, 5.74) is 4.38. The number of nitrogens with zero attached hydrogens (tertiary/aromatic N) is 1. The van der Waals surface area contributed by atoms with Gasteiger partial charge in [-0.2, -0.15) is 0 Å². The van der Waals surface area contributed by atoms with E-state index in [9.17, 15) is 0 Å². The Kier molecular flexibility index (Phi) is 3.16. The number of aromatic nitrogens is 1. The van der Waals surface area contributed by atoms with Gasteiger partial charge in [0.2, 0.25) is 0 Å². The molecular weight excluding hydrogens is 242 g/mol. The molecule has 1 aliphatic carbocycles. The Morgan fingerprint density at radius 3 is 2.78 bits per heavy atom. The maximum Gasteiger partial charge on any atom is 0.0897 e. The van der Waals surface area contributed by atoms with Crippen LogP contribution in [-0.2, 0) is 0 Å². The van der Waals surface area contributed by atoms with E-state index >= 15 is 0 Å². The van der Waals surface area contributed by atoms with Crippen molar-refractivity contribution in [3.05, 3.63) is 52.0 Å². The Labute approximate surface area is 111 Å². The van der Waals surface area contributed by atoms with Crippen molar-refractivity contribution in [3.8, 4) is 0 Å². The van der Waals surface area contributed by atoms with Crippen LogP contribution in [0, 0.1) is 12.8 Å². The molecule has 3 rings (SSSR count). The second-order valence-corrected chi connectivity index (χ2v) is 6.11. The molecule has 3 N–H and O–H groups in total. The molecule has 3 atom stereocenters. The zero-order chi connectivity index (χ0) is 12.5. The van der Waals surface area contributed by atoms with Gasteiger partial charge in [-0.3, -0.25) is 11.3 Å². The second-order valence-electron chi connectivity index (χ2n) is 4.84. The molecule has 1 aromatic carbocycles. The van der Waals surface area contributed by atoms with Gasteiger partial charge >= 0.3 is 0 Å². The molecule has 0 spiro atoms. The molecular formula is C14H17N3S. The highest BCUT2D eigenvalue weighted by Crippen LogP contribution is 2.54. The van der Waals surface area contributed by atoms with Crippen LogP contribution in [0.3, 0.4) is 0 Å². The molecule has 0 amide bonds. The Morgan fingerprint density at radius 1 is 1.39 bits per heavy atom. The van der Waals surface area contributed by atoms with Crippen LogP contribution in [0.2, 0.25) is 0 Å². The number of thiazole rings is 1. The van der Waals surface area contributed by atoms with Gasteiger partial charge in [-0.1, -0.05) is 30.3 Å². The topological polar surface area (TPSA) is 50.9 Å². The lowest BCUT2D eigenvalue weighted by Crippen LogP contribution is -2.29. The summed E-state index contributed by atoms with van der Waals surface area (Å²) in [4.78, 5) is 5.56. The molecule has 0 bridgehead atoms. The fourth-order valence-corrected chi connectivity index (χ4v) is 3.53. The summed E-state index contributed by atoms with van der Waals surface area (Å²) < 4.78 is 0. The highest BCUT2D eigenvalue weighted by molar-refractivity contribution is 7.11. The van der Waals surface area contributed by atoms with Gasteiger partial charge in [0.1, 0.15) is 0 Å². The van der Waals surface area contributed by atoms with Crippen molar-refractivity contribution in [1.82, 2.24) is 10.4 Å². The summed E-state index contributed by atoms with van der Waals surface area (Å²) in [6.45, 7) is 2.03. The Hall–Kier alpha value is -1.23. The molecule has 18 heavy (non-hydrogen) atoms. The lowest BCUT2D eigenvalue weighted by molar-refractivity contribution is 0.494. The first-order valence-corrected chi connectivity index (χ1v) is 7.04. The predicted octanol–water partition coefficient (Wildman–Crippen LogP) is 2.76. The third kappa shape index (κ3) is 2.19. The average molecular weight is 259 g/mol. The van der Waals surface area contributed by atoms with E-state index in [1.54, 1.807) is 11.3 Å². The summed E-state index contributed by atoms with van der Waals surface area (Å²) in [5.74, 6) is 6.95. The molecule has 1 aliphatic rings. The average Bonchev–Trinajstić information content (AvgIpc) is 3.07. The molecule has 4 heteroatoms. The zero-order valence-corrected chi connectivity index (χ0v) is 11.2. The molecule has 1 fully saturated rings. The number of nitrogens with two attached hydrogens (primary N) is 1. The molecule has 3 nitrogen and oxygen atoms in total.